The van der Waals surface area contributed by atoms with Crippen molar-refractivity contribution < 1.29 is 19.0 Å². The first-order valence-corrected chi connectivity index (χ1v) is 15.9. The standard InChI is InChI=1S/C33H29Cl3N2O5S/c1-4-8-25-29(32(40)42-5-2)30(22-17-21(34)12-14-27(22)41-3)38-31(39)28(44-33(38)37-25)16-20-9-6-7-10-26(20)43-18-19-11-13-23(35)24(36)15-19/h6-7,9-17,30H,4-5,8,18H2,1-3H3/b28-16+/t30-/m1/s1. The first-order chi connectivity index (χ1) is 21.2. The molecule has 44 heavy (non-hydrogen) atoms. The quantitative estimate of drug-likeness (QED) is 0.168. The number of thiazole rings is 1. The van der Waals surface area contributed by atoms with Crippen LogP contribution in [-0.4, -0.2) is 24.3 Å². The van der Waals surface area contributed by atoms with E-state index in [1.807, 2.05) is 37.3 Å². The molecule has 0 spiro atoms. The summed E-state index contributed by atoms with van der Waals surface area (Å²) in [6.45, 7) is 4.17. The van der Waals surface area contributed by atoms with Crippen molar-refractivity contribution in [3.8, 4) is 11.5 Å². The Hall–Kier alpha value is -3.56. The third kappa shape index (κ3) is 6.59. The molecule has 11 heteroatoms. The monoisotopic (exact) mass is 670 g/mol. The molecule has 0 radical (unpaired) electrons. The van der Waals surface area contributed by atoms with Gasteiger partial charge in [0.25, 0.3) is 5.56 Å². The molecule has 1 atom stereocenters. The van der Waals surface area contributed by atoms with Crippen LogP contribution in [0.15, 0.2) is 81.7 Å². The van der Waals surface area contributed by atoms with Gasteiger partial charge in [-0.3, -0.25) is 9.36 Å². The number of para-hydroxylation sites is 1. The fraction of sp³-hybridized carbons (Fsp3) is 0.242. The van der Waals surface area contributed by atoms with Gasteiger partial charge in [0, 0.05) is 16.1 Å². The number of rotatable bonds is 10. The predicted octanol–water partition coefficient (Wildman–Crippen LogP) is 7.13. The summed E-state index contributed by atoms with van der Waals surface area (Å²) in [4.78, 5) is 33.0. The molecule has 2 heterocycles. The van der Waals surface area contributed by atoms with Crippen molar-refractivity contribution in [2.75, 3.05) is 13.7 Å². The second-order valence-electron chi connectivity index (χ2n) is 9.87. The number of hydrogen-bond donors (Lipinski definition) is 0. The number of carbonyl (C=O) groups excluding carboxylic acids is 1. The lowest BCUT2D eigenvalue weighted by atomic mass is 9.93. The molecule has 0 aliphatic carbocycles. The lowest BCUT2D eigenvalue weighted by Gasteiger charge is -2.27. The molecule has 0 fully saturated rings. The van der Waals surface area contributed by atoms with Gasteiger partial charge in [0.2, 0.25) is 0 Å². The van der Waals surface area contributed by atoms with Gasteiger partial charge in [0.05, 0.1) is 39.6 Å². The number of nitrogens with zero attached hydrogens (tertiary/aromatic N) is 2. The van der Waals surface area contributed by atoms with Crippen LogP contribution < -0.4 is 24.4 Å². The number of hydrogen-bond acceptors (Lipinski definition) is 7. The molecule has 228 valence electrons. The largest absolute Gasteiger partial charge is 0.496 e. The topological polar surface area (TPSA) is 79.1 Å². The van der Waals surface area contributed by atoms with Crippen molar-refractivity contribution in [3.05, 3.63) is 123 Å². The number of ether oxygens (including phenoxy) is 3. The smallest absolute Gasteiger partial charge is 0.338 e. The van der Waals surface area contributed by atoms with Crippen molar-refractivity contribution in [3.63, 3.8) is 0 Å². The van der Waals surface area contributed by atoms with E-state index in [0.29, 0.717) is 64.7 Å². The van der Waals surface area contributed by atoms with E-state index in [1.54, 1.807) is 43.3 Å². The fourth-order valence-electron chi connectivity index (χ4n) is 5.00. The molecule has 3 aromatic carbocycles. The van der Waals surface area contributed by atoms with E-state index >= 15 is 0 Å². The van der Waals surface area contributed by atoms with Gasteiger partial charge < -0.3 is 14.2 Å². The Morgan fingerprint density at radius 3 is 2.55 bits per heavy atom. The molecule has 0 saturated heterocycles. The third-order valence-electron chi connectivity index (χ3n) is 6.96. The fourth-order valence-corrected chi connectivity index (χ4v) is 6.51. The Labute approximate surface area is 273 Å². The van der Waals surface area contributed by atoms with Gasteiger partial charge in [0.15, 0.2) is 4.80 Å². The molecule has 5 rings (SSSR count). The van der Waals surface area contributed by atoms with Crippen LogP contribution in [0.25, 0.3) is 6.08 Å². The zero-order chi connectivity index (χ0) is 31.4. The van der Waals surface area contributed by atoms with E-state index in [9.17, 15) is 9.59 Å². The summed E-state index contributed by atoms with van der Waals surface area (Å²) in [5.74, 6) is 0.521. The molecule has 0 unspecified atom stereocenters. The number of aromatic nitrogens is 1. The van der Waals surface area contributed by atoms with Crippen LogP contribution in [0.3, 0.4) is 0 Å². The van der Waals surface area contributed by atoms with Crippen molar-refractivity contribution in [2.24, 2.45) is 4.99 Å². The second-order valence-corrected chi connectivity index (χ2v) is 12.1. The molecule has 1 aromatic heterocycles. The highest BCUT2D eigenvalue weighted by Crippen LogP contribution is 2.38. The molecule has 1 aliphatic rings. The summed E-state index contributed by atoms with van der Waals surface area (Å²) < 4.78 is 19.2. The van der Waals surface area contributed by atoms with Gasteiger partial charge in [-0.05, 0) is 61.4 Å². The van der Waals surface area contributed by atoms with E-state index in [2.05, 4.69) is 0 Å². The maximum absolute atomic E-state index is 14.2. The molecule has 7 nitrogen and oxygen atoms in total. The van der Waals surface area contributed by atoms with Crippen LogP contribution in [0.1, 0.15) is 49.4 Å². The number of benzene rings is 3. The van der Waals surface area contributed by atoms with Crippen LogP contribution in [0.5, 0.6) is 11.5 Å². The van der Waals surface area contributed by atoms with Crippen molar-refractivity contribution in [1.29, 1.82) is 0 Å². The Bertz CT molecular complexity index is 1930. The second kappa shape index (κ2) is 14.0. The van der Waals surface area contributed by atoms with Gasteiger partial charge in [-0.15, -0.1) is 0 Å². The highest BCUT2D eigenvalue weighted by molar-refractivity contribution is 7.07. The summed E-state index contributed by atoms with van der Waals surface area (Å²) in [5, 5.41) is 1.35. The van der Waals surface area contributed by atoms with Crippen molar-refractivity contribution in [2.45, 2.75) is 39.3 Å². The van der Waals surface area contributed by atoms with Gasteiger partial charge in [0.1, 0.15) is 24.1 Å². The minimum atomic E-state index is -0.858. The number of fused-ring (bicyclic) bond motifs is 1. The van der Waals surface area contributed by atoms with E-state index < -0.39 is 12.0 Å². The van der Waals surface area contributed by atoms with Gasteiger partial charge >= 0.3 is 5.97 Å². The van der Waals surface area contributed by atoms with Gasteiger partial charge in [-0.1, -0.05) is 83.7 Å². The van der Waals surface area contributed by atoms with Gasteiger partial charge in [-0.25, -0.2) is 9.79 Å². The van der Waals surface area contributed by atoms with Crippen LogP contribution in [0, 0.1) is 0 Å². The van der Waals surface area contributed by atoms with E-state index in [0.717, 1.165) is 12.0 Å². The van der Waals surface area contributed by atoms with Crippen LogP contribution in [0.4, 0.5) is 0 Å². The number of halogens is 3. The summed E-state index contributed by atoms with van der Waals surface area (Å²) >= 11 is 19.9. The van der Waals surface area contributed by atoms with E-state index in [-0.39, 0.29) is 18.8 Å². The average molecular weight is 672 g/mol. The molecule has 0 amide bonds. The maximum Gasteiger partial charge on any atom is 0.338 e. The molecule has 0 saturated carbocycles. The first kappa shape index (κ1) is 31.9. The Morgan fingerprint density at radius 1 is 1.02 bits per heavy atom. The minimum absolute atomic E-state index is 0.171. The van der Waals surface area contributed by atoms with Gasteiger partial charge in [-0.2, -0.15) is 0 Å². The SMILES string of the molecule is CCCC1=C(C(=O)OCC)[C@@H](c2cc(Cl)ccc2OC)n2c(s/c(=C/c3ccccc3OCc3ccc(Cl)c(Cl)c3)c2=O)=N1. The third-order valence-corrected chi connectivity index (χ3v) is 8.92. The van der Waals surface area contributed by atoms with E-state index in [1.165, 1.54) is 23.0 Å². The normalized spacial score (nSPS) is 14.7. The predicted molar refractivity (Wildman–Crippen MR) is 175 cm³/mol. The zero-order valence-electron chi connectivity index (χ0n) is 24.2. The number of esters is 1. The number of carbonyl (C=O) groups is 1. The van der Waals surface area contributed by atoms with Crippen molar-refractivity contribution in [1.82, 2.24) is 4.57 Å². The van der Waals surface area contributed by atoms with Crippen LogP contribution in [0.2, 0.25) is 15.1 Å². The Balaban J connectivity index is 1.66. The summed E-state index contributed by atoms with van der Waals surface area (Å²) in [7, 11) is 1.53. The number of methoxy groups -OCH3 is 1. The molecule has 1 aliphatic heterocycles. The summed E-state index contributed by atoms with van der Waals surface area (Å²) in [6.07, 6.45) is 3.02. The molecule has 0 bridgehead atoms. The van der Waals surface area contributed by atoms with Crippen LogP contribution in [-0.2, 0) is 16.1 Å². The minimum Gasteiger partial charge on any atom is -0.496 e. The zero-order valence-corrected chi connectivity index (χ0v) is 27.3. The lowest BCUT2D eigenvalue weighted by Crippen LogP contribution is -2.40. The first-order valence-electron chi connectivity index (χ1n) is 14.0. The van der Waals surface area contributed by atoms with Crippen LogP contribution >= 0.6 is 46.1 Å². The maximum atomic E-state index is 14.2. The summed E-state index contributed by atoms with van der Waals surface area (Å²) in [6, 6.07) is 17.0. The molecule has 0 N–H and O–H groups in total. The number of allylic oxidation sites excluding steroid dienone is 1. The lowest BCUT2D eigenvalue weighted by molar-refractivity contribution is -0.139. The molecular weight excluding hydrogens is 643 g/mol. The highest BCUT2D eigenvalue weighted by atomic mass is 35.5. The highest BCUT2D eigenvalue weighted by Gasteiger charge is 2.36. The molecular formula is C33H29Cl3N2O5S. The summed E-state index contributed by atoms with van der Waals surface area (Å²) in [5.41, 5.74) is 2.64. The Kier molecular flexibility index (Phi) is 10.2. The Morgan fingerprint density at radius 2 is 1.82 bits per heavy atom. The van der Waals surface area contributed by atoms with Crippen molar-refractivity contribution >= 4 is 58.2 Å². The molecule has 4 aromatic rings. The van der Waals surface area contributed by atoms with E-state index in [4.69, 9.17) is 54.0 Å². The average Bonchev–Trinajstić information content (AvgIpc) is 3.32.